The standard InChI is InChI=1S/C5H9NO.C2H6/c1-2-5-6-3-4-7-5;1-2/h3-6H,2H2,1H3;1-2H3. The lowest BCUT2D eigenvalue weighted by molar-refractivity contribution is 0.148. The second kappa shape index (κ2) is 5.48. The molecule has 1 N–H and O–H groups in total. The third-order valence-corrected chi connectivity index (χ3v) is 0.964. The Labute approximate surface area is 56.9 Å². The summed E-state index contributed by atoms with van der Waals surface area (Å²) in [5.41, 5.74) is 0. The third-order valence-electron chi connectivity index (χ3n) is 0.964. The van der Waals surface area contributed by atoms with Crippen LogP contribution in [0, 0.1) is 0 Å². The van der Waals surface area contributed by atoms with Crippen molar-refractivity contribution in [3.05, 3.63) is 12.5 Å². The van der Waals surface area contributed by atoms with Crippen LogP contribution in [0.2, 0.25) is 0 Å². The molecule has 1 unspecified atom stereocenters. The second-order valence-electron chi connectivity index (χ2n) is 1.50. The molecule has 1 heterocycles. The maximum absolute atomic E-state index is 5.01. The van der Waals surface area contributed by atoms with E-state index in [2.05, 4.69) is 12.2 Å². The highest BCUT2D eigenvalue weighted by Crippen LogP contribution is 1.98. The van der Waals surface area contributed by atoms with Crippen molar-refractivity contribution in [1.29, 1.82) is 0 Å². The van der Waals surface area contributed by atoms with Crippen molar-refractivity contribution in [2.45, 2.75) is 33.4 Å². The van der Waals surface area contributed by atoms with Crippen LogP contribution < -0.4 is 5.32 Å². The highest BCUT2D eigenvalue weighted by molar-refractivity contribution is 4.80. The summed E-state index contributed by atoms with van der Waals surface area (Å²) < 4.78 is 5.01. The lowest BCUT2D eigenvalue weighted by Gasteiger charge is -2.05. The number of hydrogen-bond acceptors (Lipinski definition) is 2. The predicted octanol–water partition coefficient (Wildman–Crippen LogP) is 1.84. The Morgan fingerprint density at radius 3 is 2.44 bits per heavy atom. The first-order chi connectivity index (χ1) is 4.43. The van der Waals surface area contributed by atoms with Crippen molar-refractivity contribution in [2.24, 2.45) is 0 Å². The molecule has 9 heavy (non-hydrogen) atoms. The highest BCUT2D eigenvalue weighted by atomic mass is 16.5. The zero-order valence-electron chi connectivity index (χ0n) is 6.35. The van der Waals surface area contributed by atoms with Crippen LogP contribution in [0.3, 0.4) is 0 Å². The Bertz CT molecular complexity index is 73.0. The minimum atomic E-state index is 0.236. The summed E-state index contributed by atoms with van der Waals surface area (Å²) in [6.07, 6.45) is 4.75. The van der Waals surface area contributed by atoms with Crippen molar-refractivity contribution >= 4 is 0 Å². The normalized spacial score (nSPS) is 21.4. The molecule has 1 aliphatic heterocycles. The van der Waals surface area contributed by atoms with Crippen LogP contribution in [0.25, 0.3) is 0 Å². The van der Waals surface area contributed by atoms with Gasteiger partial charge in [-0.1, -0.05) is 20.8 Å². The molecule has 0 aromatic carbocycles. The van der Waals surface area contributed by atoms with Crippen LogP contribution in [-0.4, -0.2) is 6.23 Å². The van der Waals surface area contributed by atoms with Crippen LogP contribution in [0.15, 0.2) is 12.5 Å². The molecule has 0 bridgehead atoms. The fourth-order valence-corrected chi connectivity index (χ4v) is 0.534. The van der Waals surface area contributed by atoms with Gasteiger partial charge >= 0.3 is 0 Å². The van der Waals surface area contributed by atoms with E-state index in [-0.39, 0.29) is 6.23 Å². The van der Waals surface area contributed by atoms with E-state index in [1.165, 1.54) is 0 Å². The quantitative estimate of drug-likeness (QED) is 0.583. The van der Waals surface area contributed by atoms with Gasteiger partial charge in [-0.3, -0.25) is 0 Å². The van der Waals surface area contributed by atoms with Gasteiger partial charge in [0.2, 0.25) is 0 Å². The van der Waals surface area contributed by atoms with Crippen molar-refractivity contribution in [3.8, 4) is 0 Å². The van der Waals surface area contributed by atoms with Crippen molar-refractivity contribution in [1.82, 2.24) is 5.32 Å². The molecule has 2 heteroatoms. The number of ether oxygens (including phenoxy) is 1. The SMILES string of the molecule is CC.CCC1NC=CO1. The van der Waals surface area contributed by atoms with Gasteiger partial charge in [0.15, 0.2) is 6.23 Å². The number of rotatable bonds is 1. The molecule has 0 radical (unpaired) electrons. The zero-order chi connectivity index (χ0) is 7.11. The molecule has 1 rings (SSSR count). The summed E-state index contributed by atoms with van der Waals surface area (Å²) in [6, 6.07) is 0. The van der Waals surface area contributed by atoms with E-state index in [9.17, 15) is 0 Å². The van der Waals surface area contributed by atoms with Gasteiger partial charge in [0.1, 0.15) is 6.26 Å². The maximum atomic E-state index is 5.01. The molecule has 0 aliphatic carbocycles. The summed E-state index contributed by atoms with van der Waals surface area (Å²) >= 11 is 0. The topological polar surface area (TPSA) is 21.3 Å². The Kier molecular flexibility index (Phi) is 5.07. The van der Waals surface area contributed by atoms with E-state index in [4.69, 9.17) is 4.74 Å². The van der Waals surface area contributed by atoms with E-state index in [0.717, 1.165) is 6.42 Å². The molecule has 0 saturated carbocycles. The molecular weight excluding hydrogens is 114 g/mol. The molecule has 0 aromatic rings. The first-order valence-electron chi connectivity index (χ1n) is 3.50. The molecule has 0 spiro atoms. The van der Waals surface area contributed by atoms with Crippen molar-refractivity contribution < 1.29 is 4.74 Å². The van der Waals surface area contributed by atoms with E-state index in [0.29, 0.717) is 0 Å². The largest absolute Gasteiger partial charge is 0.477 e. The third kappa shape index (κ3) is 3.01. The van der Waals surface area contributed by atoms with Crippen molar-refractivity contribution in [3.63, 3.8) is 0 Å². The van der Waals surface area contributed by atoms with Gasteiger partial charge in [-0.15, -0.1) is 0 Å². The first kappa shape index (κ1) is 8.34. The minimum Gasteiger partial charge on any atom is -0.477 e. The lowest BCUT2D eigenvalue weighted by Crippen LogP contribution is -2.18. The van der Waals surface area contributed by atoms with Crippen LogP contribution >= 0.6 is 0 Å². The number of hydrogen-bond donors (Lipinski definition) is 1. The van der Waals surface area contributed by atoms with E-state index in [1.807, 2.05) is 20.0 Å². The molecule has 2 nitrogen and oxygen atoms in total. The molecule has 0 fully saturated rings. The fourth-order valence-electron chi connectivity index (χ4n) is 0.534. The highest BCUT2D eigenvalue weighted by Gasteiger charge is 2.03. The van der Waals surface area contributed by atoms with E-state index in [1.54, 1.807) is 6.26 Å². The smallest absolute Gasteiger partial charge is 0.168 e. The van der Waals surface area contributed by atoms with Gasteiger partial charge in [0.25, 0.3) is 0 Å². The van der Waals surface area contributed by atoms with Gasteiger partial charge in [-0.2, -0.15) is 0 Å². The monoisotopic (exact) mass is 129 g/mol. The van der Waals surface area contributed by atoms with E-state index < -0.39 is 0 Å². The fraction of sp³-hybridized carbons (Fsp3) is 0.714. The molecule has 0 saturated heterocycles. The molecule has 1 atom stereocenters. The van der Waals surface area contributed by atoms with Gasteiger partial charge < -0.3 is 10.1 Å². The molecule has 1 aliphatic rings. The van der Waals surface area contributed by atoms with Gasteiger partial charge in [-0.25, -0.2) is 0 Å². The summed E-state index contributed by atoms with van der Waals surface area (Å²) in [6.45, 7) is 6.07. The summed E-state index contributed by atoms with van der Waals surface area (Å²) in [5, 5.41) is 3.00. The van der Waals surface area contributed by atoms with Crippen LogP contribution in [0.5, 0.6) is 0 Å². The Morgan fingerprint density at radius 1 is 1.56 bits per heavy atom. The number of nitrogens with one attached hydrogen (secondary N) is 1. The average molecular weight is 129 g/mol. The van der Waals surface area contributed by atoms with E-state index >= 15 is 0 Å². The lowest BCUT2D eigenvalue weighted by atomic mass is 10.4. The average Bonchev–Trinajstić information content (AvgIpc) is 2.43. The summed E-state index contributed by atoms with van der Waals surface area (Å²) in [5.74, 6) is 0. The summed E-state index contributed by atoms with van der Waals surface area (Å²) in [4.78, 5) is 0. The second-order valence-corrected chi connectivity index (χ2v) is 1.50. The van der Waals surface area contributed by atoms with Crippen LogP contribution in [0.1, 0.15) is 27.2 Å². The Hall–Kier alpha value is -0.660. The van der Waals surface area contributed by atoms with Gasteiger partial charge in [0, 0.05) is 12.6 Å². The van der Waals surface area contributed by atoms with Gasteiger partial charge in [-0.05, 0) is 0 Å². The molecule has 0 aromatic heterocycles. The molecular formula is C7H15NO. The Balaban J connectivity index is 0.000000291. The Morgan fingerprint density at radius 2 is 2.22 bits per heavy atom. The van der Waals surface area contributed by atoms with Crippen LogP contribution in [-0.2, 0) is 4.74 Å². The van der Waals surface area contributed by atoms with Crippen LogP contribution in [0.4, 0.5) is 0 Å². The predicted molar refractivity (Wildman–Crippen MR) is 38.8 cm³/mol. The molecule has 0 amide bonds. The van der Waals surface area contributed by atoms with Crippen molar-refractivity contribution in [2.75, 3.05) is 0 Å². The summed E-state index contributed by atoms with van der Waals surface area (Å²) in [7, 11) is 0. The molecule has 54 valence electrons. The maximum Gasteiger partial charge on any atom is 0.168 e. The van der Waals surface area contributed by atoms with Gasteiger partial charge in [0.05, 0.1) is 0 Å². The minimum absolute atomic E-state index is 0.236. The first-order valence-corrected chi connectivity index (χ1v) is 3.50. The zero-order valence-corrected chi connectivity index (χ0v) is 6.35.